The topological polar surface area (TPSA) is 38.2 Å². The Bertz CT molecular complexity index is 442. The normalized spacial score (nSPS) is 27.8. The first-order valence-corrected chi connectivity index (χ1v) is 7.89. The van der Waals surface area contributed by atoms with E-state index < -0.39 is 0 Å². The van der Waals surface area contributed by atoms with Crippen LogP contribution in [-0.4, -0.2) is 33.8 Å². The van der Waals surface area contributed by atoms with Crippen molar-refractivity contribution in [2.24, 2.45) is 5.92 Å². The van der Waals surface area contributed by atoms with Crippen LogP contribution in [0.3, 0.4) is 0 Å². The quantitative estimate of drug-likeness (QED) is 0.846. The minimum atomic E-state index is 0.387. The van der Waals surface area contributed by atoms with Crippen molar-refractivity contribution in [3.63, 3.8) is 0 Å². The summed E-state index contributed by atoms with van der Waals surface area (Å²) in [5, 5.41) is 8.67. The SMILES string of the molecule is CC(C)N1C[C@H](C)CC[C@@H]1c1ccc(OC2CC2)nn1. The molecular formula is C16H25N3O. The molecule has 4 heteroatoms. The predicted octanol–water partition coefficient (Wildman–Crippen LogP) is 3.20. The molecule has 110 valence electrons. The van der Waals surface area contributed by atoms with Crippen LogP contribution in [0.15, 0.2) is 12.1 Å². The average molecular weight is 275 g/mol. The van der Waals surface area contributed by atoms with Gasteiger partial charge in [-0.15, -0.1) is 5.10 Å². The van der Waals surface area contributed by atoms with Gasteiger partial charge in [-0.2, -0.15) is 5.10 Å². The molecule has 1 aromatic heterocycles. The molecule has 0 radical (unpaired) electrons. The zero-order chi connectivity index (χ0) is 14.1. The van der Waals surface area contributed by atoms with Crippen LogP contribution < -0.4 is 4.74 Å². The average Bonchev–Trinajstić information content (AvgIpc) is 3.24. The first-order chi connectivity index (χ1) is 9.63. The number of nitrogens with zero attached hydrogens (tertiary/aromatic N) is 3. The molecule has 0 amide bonds. The second-order valence-corrected chi connectivity index (χ2v) is 6.60. The molecule has 4 nitrogen and oxygen atoms in total. The standard InChI is InChI=1S/C16H25N3O/c1-11(2)19-10-12(3)4-8-15(19)14-7-9-16(18-17-14)20-13-5-6-13/h7,9,11-13,15H,4-6,8,10H2,1-3H3/t12-,15-/m1/s1. The summed E-state index contributed by atoms with van der Waals surface area (Å²) < 4.78 is 5.67. The van der Waals surface area contributed by atoms with Gasteiger partial charge in [-0.05, 0) is 51.5 Å². The van der Waals surface area contributed by atoms with Gasteiger partial charge in [0.1, 0.15) is 6.10 Å². The second-order valence-electron chi connectivity index (χ2n) is 6.60. The zero-order valence-electron chi connectivity index (χ0n) is 12.7. The Hall–Kier alpha value is -1.16. The molecule has 0 aromatic carbocycles. The first kappa shape index (κ1) is 13.8. The molecule has 0 unspecified atom stereocenters. The molecule has 1 aliphatic carbocycles. The van der Waals surface area contributed by atoms with E-state index in [2.05, 4.69) is 41.9 Å². The van der Waals surface area contributed by atoms with Gasteiger partial charge in [-0.3, -0.25) is 4.90 Å². The Kier molecular flexibility index (Phi) is 3.92. The number of piperidine rings is 1. The Morgan fingerprint density at radius 2 is 1.95 bits per heavy atom. The number of hydrogen-bond acceptors (Lipinski definition) is 4. The van der Waals surface area contributed by atoms with E-state index in [1.54, 1.807) is 0 Å². The summed E-state index contributed by atoms with van der Waals surface area (Å²) in [6.07, 6.45) is 5.15. The summed E-state index contributed by atoms with van der Waals surface area (Å²) in [6.45, 7) is 8.03. The van der Waals surface area contributed by atoms with Crippen LogP contribution in [0.2, 0.25) is 0 Å². The predicted molar refractivity (Wildman–Crippen MR) is 78.7 cm³/mol. The summed E-state index contributed by atoms with van der Waals surface area (Å²) in [5.74, 6) is 1.45. The van der Waals surface area contributed by atoms with E-state index in [4.69, 9.17) is 4.74 Å². The fourth-order valence-corrected chi connectivity index (χ4v) is 3.00. The van der Waals surface area contributed by atoms with E-state index in [9.17, 15) is 0 Å². The fraction of sp³-hybridized carbons (Fsp3) is 0.750. The Morgan fingerprint density at radius 1 is 1.15 bits per heavy atom. The highest BCUT2D eigenvalue weighted by molar-refractivity contribution is 5.16. The Balaban J connectivity index is 1.72. The van der Waals surface area contributed by atoms with Gasteiger partial charge in [-0.25, -0.2) is 0 Å². The molecule has 3 rings (SSSR count). The minimum Gasteiger partial charge on any atom is -0.473 e. The van der Waals surface area contributed by atoms with Gasteiger partial charge in [-0.1, -0.05) is 6.92 Å². The van der Waals surface area contributed by atoms with Crippen molar-refractivity contribution < 1.29 is 4.74 Å². The highest BCUT2D eigenvalue weighted by Crippen LogP contribution is 2.34. The molecule has 2 atom stereocenters. The van der Waals surface area contributed by atoms with Crippen LogP contribution in [-0.2, 0) is 0 Å². The molecule has 0 bridgehead atoms. The van der Waals surface area contributed by atoms with Crippen molar-refractivity contribution in [1.29, 1.82) is 0 Å². The molecule has 1 aliphatic heterocycles. The zero-order valence-corrected chi connectivity index (χ0v) is 12.7. The Labute approximate surface area is 121 Å². The van der Waals surface area contributed by atoms with Gasteiger partial charge in [0.05, 0.1) is 11.7 Å². The smallest absolute Gasteiger partial charge is 0.233 e. The van der Waals surface area contributed by atoms with Crippen LogP contribution in [0.1, 0.15) is 58.2 Å². The number of rotatable bonds is 4. The van der Waals surface area contributed by atoms with E-state index >= 15 is 0 Å². The maximum Gasteiger partial charge on any atom is 0.233 e. The third-order valence-corrected chi connectivity index (χ3v) is 4.33. The lowest BCUT2D eigenvalue weighted by atomic mass is 9.91. The number of hydrogen-bond donors (Lipinski definition) is 0. The van der Waals surface area contributed by atoms with E-state index in [1.165, 1.54) is 12.8 Å². The molecule has 1 saturated carbocycles. The maximum absolute atomic E-state index is 5.67. The van der Waals surface area contributed by atoms with Crippen molar-refractivity contribution in [2.45, 2.75) is 64.6 Å². The Morgan fingerprint density at radius 3 is 2.55 bits per heavy atom. The van der Waals surface area contributed by atoms with E-state index in [0.717, 1.165) is 31.0 Å². The molecule has 0 N–H and O–H groups in total. The molecule has 2 heterocycles. The number of ether oxygens (including phenoxy) is 1. The van der Waals surface area contributed by atoms with Crippen molar-refractivity contribution in [3.05, 3.63) is 17.8 Å². The summed E-state index contributed by atoms with van der Waals surface area (Å²) in [4.78, 5) is 2.56. The van der Waals surface area contributed by atoms with Crippen molar-refractivity contribution in [2.75, 3.05) is 6.54 Å². The number of aromatic nitrogens is 2. The summed E-state index contributed by atoms with van der Waals surface area (Å²) in [7, 11) is 0. The molecule has 0 spiro atoms. The van der Waals surface area contributed by atoms with E-state index in [1.807, 2.05) is 6.07 Å². The van der Waals surface area contributed by atoms with Gasteiger partial charge in [0.25, 0.3) is 0 Å². The van der Waals surface area contributed by atoms with Gasteiger partial charge in [0.2, 0.25) is 5.88 Å². The molecular weight excluding hydrogens is 250 g/mol. The molecule has 2 aliphatic rings. The number of likely N-dealkylation sites (tertiary alicyclic amines) is 1. The van der Waals surface area contributed by atoms with Crippen molar-refractivity contribution >= 4 is 0 Å². The first-order valence-electron chi connectivity index (χ1n) is 7.89. The molecule has 1 aromatic rings. The monoisotopic (exact) mass is 275 g/mol. The highest BCUT2D eigenvalue weighted by Gasteiger charge is 2.30. The van der Waals surface area contributed by atoms with Gasteiger partial charge < -0.3 is 4.74 Å². The second kappa shape index (κ2) is 5.68. The van der Waals surface area contributed by atoms with Crippen molar-refractivity contribution in [1.82, 2.24) is 15.1 Å². The van der Waals surface area contributed by atoms with Crippen LogP contribution >= 0.6 is 0 Å². The van der Waals surface area contributed by atoms with Crippen LogP contribution in [0.25, 0.3) is 0 Å². The van der Waals surface area contributed by atoms with E-state index in [0.29, 0.717) is 24.1 Å². The summed E-state index contributed by atoms with van der Waals surface area (Å²) >= 11 is 0. The van der Waals surface area contributed by atoms with E-state index in [-0.39, 0.29) is 0 Å². The van der Waals surface area contributed by atoms with Crippen LogP contribution in [0.5, 0.6) is 5.88 Å². The lowest BCUT2D eigenvalue weighted by Crippen LogP contribution is -2.42. The third-order valence-electron chi connectivity index (χ3n) is 4.33. The lowest BCUT2D eigenvalue weighted by Gasteiger charge is -2.40. The van der Waals surface area contributed by atoms with Gasteiger partial charge in [0, 0.05) is 18.7 Å². The van der Waals surface area contributed by atoms with Crippen molar-refractivity contribution in [3.8, 4) is 5.88 Å². The summed E-state index contributed by atoms with van der Waals surface area (Å²) in [6, 6.07) is 5.04. The maximum atomic E-state index is 5.67. The minimum absolute atomic E-state index is 0.387. The largest absolute Gasteiger partial charge is 0.473 e. The van der Waals surface area contributed by atoms with Crippen LogP contribution in [0.4, 0.5) is 0 Å². The third kappa shape index (κ3) is 3.11. The molecule has 1 saturated heterocycles. The molecule has 20 heavy (non-hydrogen) atoms. The summed E-state index contributed by atoms with van der Waals surface area (Å²) in [5.41, 5.74) is 1.09. The lowest BCUT2D eigenvalue weighted by molar-refractivity contribution is 0.0787. The highest BCUT2D eigenvalue weighted by atomic mass is 16.5. The van der Waals surface area contributed by atoms with Gasteiger partial charge in [0.15, 0.2) is 0 Å². The molecule has 2 fully saturated rings. The fourth-order valence-electron chi connectivity index (χ4n) is 3.00. The van der Waals surface area contributed by atoms with Gasteiger partial charge >= 0.3 is 0 Å². The van der Waals surface area contributed by atoms with Crippen LogP contribution in [0, 0.1) is 5.92 Å².